The molecule has 1 aliphatic rings. The van der Waals surface area contributed by atoms with Crippen LogP contribution in [0.3, 0.4) is 0 Å². The lowest BCUT2D eigenvalue weighted by atomic mass is 10.1. The molecule has 0 aliphatic carbocycles. The molecule has 0 saturated carbocycles. The van der Waals surface area contributed by atoms with Crippen LogP contribution in [0.2, 0.25) is 0 Å². The van der Waals surface area contributed by atoms with Crippen molar-refractivity contribution in [2.75, 3.05) is 12.1 Å². The highest BCUT2D eigenvalue weighted by Gasteiger charge is 2.14. The summed E-state index contributed by atoms with van der Waals surface area (Å²) in [5, 5.41) is 2.88. The van der Waals surface area contributed by atoms with Crippen molar-refractivity contribution in [1.82, 2.24) is 9.55 Å². The van der Waals surface area contributed by atoms with Gasteiger partial charge in [0.2, 0.25) is 18.6 Å². The zero-order valence-corrected chi connectivity index (χ0v) is 13.4. The van der Waals surface area contributed by atoms with Crippen molar-refractivity contribution in [3.8, 4) is 11.5 Å². The minimum Gasteiger partial charge on any atom is -0.454 e. The number of ether oxygens (including phenoxy) is 2. The molecule has 3 rings (SSSR count). The van der Waals surface area contributed by atoms with Crippen LogP contribution in [0.4, 0.5) is 5.95 Å². The molecular formula is C17H21N3O3. The lowest BCUT2D eigenvalue weighted by Gasteiger charge is -2.11. The van der Waals surface area contributed by atoms with Crippen LogP contribution in [-0.4, -0.2) is 22.3 Å². The van der Waals surface area contributed by atoms with E-state index in [1.807, 2.05) is 29.0 Å². The zero-order chi connectivity index (χ0) is 16.2. The van der Waals surface area contributed by atoms with Crippen molar-refractivity contribution in [2.45, 2.75) is 33.2 Å². The molecular weight excluding hydrogens is 294 g/mol. The Hall–Kier alpha value is -2.50. The average molecular weight is 315 g/mol. The third kappa shape index (κ3) is 3.83. The maximum Gasteiger partial charge on any atom is 0.231 e. The van der Waals surface area contributed by atoms with Gasteiger partial charge in [-0.2, -0.15) is 0 Å². The standard InChI is InChI=1S/C17H21N3O3/c1-12(2)10-20-8-7-18-17(20)19-16(21)6-4-13-3-5-14-15(9-13)23-11-22-14/h3,5,7-9,12H,4,6,10-11H2,1-2H3,(H,18,19,21). The van der Waals surface area contributed by atoms with Crippen LogP contribution in [0.15, 0.2) is 30.6 Å². The Morgan fingerprint density at radius 3 is 3.00 bits per heavy atom. The second-order valence-electron chi connectivity index (χ2n) is 6.03. The summed E-state index contributed by atoms with van der Waals surface area (Å²) >= 11 is 0. The van der Waals surface area contributed by atoms with Crippen molar-refractivity contribution in [1.29, 1.82) is 0 Å². The maximum atomic E-state index is 12.1. The number of rotatable bonds is 6. The Labute approximate surface area is 135 Å². The number of carbonyl (C=O) groups is 1. The molecule has 0 atom stereocenters. The number of anilines is 1. The van der Waals surface area contributed by atoms with Gasteiger partial charge in [-0.25, -0.2) is 4.98 Å². The van der Waals surface area contributed by atoms with Gasteiger partial charge in [-0.1, -0.05) is 19.9 Å². The first kappa shape index (κ1) is 15.4. The number of hydrogen-bond donors (Lipinski definition) is 1. The lowest BCUT2D eigenvalue weighted by Crippen LogP contribution is -2.17. The highest BCUT2D eigenvalue weighted by molar-refractivity contribution is 5.89. The van der Waals surface area contributed by atoms with E-state index in [-0.39, 0.29) is 12.7 Å². The predicted octanol–water partition coefficient (Wildman–Crippen LogP) is 2.84. The van der Waals surface area contributed by atoms with Gasteiger partial charge in [0.25, 0.3) is 0 Å². The number of imidazole rings is 1. The number of fused-ring (bicyclic) bond motifs is 1. The summed E-state index contributed by atoms with van der Waals surface area (Å²) in [6.07, 6.45) is 4.63. The predicted molar refractivity (Wildman–Crippen MR) is 86.6 cm³/mol. The Morgan fingerprint density at radius 2 is 2.17 bits per heavy atom. The largest absolute Gasteiger partial charge is 0.454 e. The summed E-state index contributed by atoms with van der Waals surface area (Å²) < 4.78 is 12.6. The number of benzene rings is 1. The van der Waals surface area contributed by atoms with Crippen LogP contribution in [0.25, 0.3) is 0 Å². The molecule has 0 unspecified atom stereocenters. The number of aromatic nitrogens is 2. The fourth-order valence-corrected chi connectivity index (χ4v) is 2.52. The minimum absolute atomic E-state index is 0.0427. The van der Waals surface area contributed by atoms with Gasteiger partial charge in [-0.3, -0.25) is 10.1 Å². The van der Waals surface area contributed by atoms with Gasteiger partial charge in [-0.15, -0.1) is 0 Å². The summed E-state index contributed by atoms with van der Waals surface area (Å²) in [5.74, 6) is 2.56. The molecule has 6 heteroatoms. The van der Waals surface area contributed by atoms with E-state index in [9.17, 15) is 4.79 Å². The number of carbonyl (C=O) groups excluding carboxylic acids is 1. The van der Waals surface area contributed by atoms with E-state index in [0.29, 0.717) is 24.7 Å². The van der Waals surface area contributed by atoms with Crippen LogP contribution >= 0.6 is 0 Å². The maximum absolute atomic E-state index is 12.1. The van der Waals surface area contributed by atoms with E-state index in [1.165, 1.54) is 0 Å². The smallest absolute Gasteiger partial charge is 0.231 e. The van der Waals surface area contributed by atoms with Crippen LogP contribution in [0.5, 0.6) is 11.5 Å². The summed E-state index contributed by atoms with van der Waals surface area (Å²) in [7, 11) is 0. The number of hydrogen-bond acceptors (Lipinski definition) is 4. The van der Waals surface area contributed by atoms with Crippen molar-refractivity contribution in [3.05, 3.63) is 36.2 Å². The second-order valence-corrected chi connectivity index (χ2v) is 6.03. The Balaban J connectivity index is 1.55. The lowest BCUT2D eigenvalue weighted by molar-refractivity contribution is -0.116. The number of aryl methyl sites for hydroxylation is 1. The molecule has 2 heterocycles. The van der Waals surface area contributed by atoms with Gasteiger partial charge in [0, 0.05) is 25.4 Å². The van der Waals surface area contributed by atoms with E-state index in [4.69, 9.17) is 9.47 Å². The van der Waals surface area contributed by atoms with Crippen LogP contribution in [-0.2, 0) is 17.8 Å². The summed E-state index contributed by atoms with van der Waals surface area (Å²) in [5.41, 5.74) is 1.05. The molecule has 0 fully saturated rings. The highest BCUT2D eigenvalue weighted by Crippen LogP contribution is 2.32. The fourth-order valence-electron chi connectivity index (χ4n) is 2.52. The number of amides is 1. The van der Waals surface area contributed by atoms with Crippen molar-refractivity contribution in [3.63, 3.8) is 0 Å². The van der Waals surface area contributed by atoms with Crippen LogP contribution in [0.1, 0.15) is 25.8 Å². The molecule has 6 nitrogen and oxygen atoms in total. The second kappa shape index (κ2) is 6.73. The molecule has 0 saturated heterocycles. The van der Waals surface area contributed by atoms with Crippen molar-refractivity contribution < 1.29 is 14.3 Å². The molecule has 1 N–H and O–H groups in total. The van der Waals surface area contributed by atoms with Gasteiger partial charge >= 0.3 is 0 Å². The normalized spacial score (nSPS) is 12.7. The quantitative estimate of drug-likeness (QED) is 0.890. The fraction of sp³-hybridized carbons (Fsp3) is 0.412. The van der Waals surface area contributed by atoms with Crippen LogP contribution in [0, 0.1) is 5.92 Å². The van der Waals surface area contributed by atoms with Gasteiger partial charge in [0.15, 0.2) is 11.5 Å². The number of nitrogens with one attached hydrogen (secondary N) is 1. The molecule has 1 aromatic carbocycles. The van der Waals surface area contributed by atoms with Crippen molar-refractivity contribution in [2.24, 2.45) is 5.92 Å². The van der Waals surface area contributed by atoms with E-state index < -0.39 is 0 Å². The molecule has 1 aliphatic heterocycles. The van der Waals surface area contributed by atoms with Crippen LogP contribution < -0.4 is 14.8 Å². The van der Waals surface area contributed by atoms with Gasteiger partial charge in [-0.05, 0) is 30.0 Å². The molecule has 2 aromatic rings. The SMILES string of the molecule is CC(C)Cn1ccnc1NC(=O)CCc1ccc2c(c1)OCO2. The third-order valence-corrected chi connectivity index (χ3v) is 3.61. The Morgan fingerprint density at radius 1 is 1.35 bits per heavy atom. The minimum atomic E-state index is -0.0427. The summed E-state index contributed by atoms with van der Waals surface area (Å²) in [6, 6.07) is 5.76. The van der Waals surface area contributed by atoms with Gasteiger partial charge in [0.1, 0.15) is 0 Å². The van der Waals surface area contributed by atoms with Gasteiger partial charge < -0.3 is 14.0 Å². The molecule has 0 spiro atoms. The Kier molecular flexibility index (Phi) is 4.50. The topological polar surface area (TPSA) is 65.4 Å². The molecule has 1 amide bonds. The van der Waals surface area contributed by atoms with E-state index in [0.717, 1.165) is 23.6 Å². The van der Waals surface area contributed by atoms with Gasteiger partial charge in [0.05, 0.1) is 0 Å². The first-order chi connectivity index (χ1) is 11.1. The summed E-state index contributed by atoms with van der Waals surface area (Å²) in [6.45, 7) is 5.35. The zero-order valence-electron chi connectivity index (χ0n) is 13.4. The van der Waals surface area contributed by atoms with Crippen molar-refractivity contribution >= 4 is 11.9 Å². The average Bonchev–Trinajstić information content (AvgIpc) is 3.13. The summed E-state index contributed by atoms with van der Waals surface area (Å²) in [4.78, 5) is 16.3. The number of nitrogens with zero attached hydrogens (tertiary/aromatic N) is 2. The van der Waals surface area contributed by atoms with E-state index >= 15 is 0 Å². The molecule has 122 valence electrons. The first-order valence-electron chi connectivity index (χ1n) is 7.81. The van der Waals surface area contributed by atoms with E-state index in [1.54, 1.807) is 6.20 Å². The molecule has 1 aromatic heterocycles. The van der Waals surface area contributed by atoms with E-state index in [2.05, 4.69) is 24.1 Å². The molecule has 0 radical (unpaired) electrons. The molecule has 23 heavy (non-hydrogen) atoms. The molecule has 0 bridgehead atoms. The highest BCUT2D eigenvalue weighted by atomic mass is 16.7. The Bertz CT molecular complexity index is 694. The first-order valence-corrected chi connectivity index (χ1v) is 7.81. The third-order valence-electron chi connectivity index (χ3n) is 3.61. The monoisotopic (exact) mass is 315 g/mol.